The van der Waals surface area contributed by atoms with Gasteiger partial charge in [-0.3, -0.25) is 14.9 Å². The number of nitrogens with one attached hydrogen (secondary N) is 1. The molecule has 1 aromatic rings. The van der Waals surface area contributed by atoms with Crippen LogP contribution in [0.2, 0.25) is 0 Å². The molecule has 0 fully saturated rings. The lowest BCUT2D eigenvalue weighted by atomic mass is 10.1. The first kappa shape index (κ1) is 15.1. The van der Waals surface area contributed by atoms with Crippen LogP contribution in [0.1, 0.15) is 18.9 Å². The van der Waals surface area contributed by atoms with Gasteiger partial charge in [0.05, 0.1) is 12.0 Å². The van der Waals surface area contributed by atoms with Crippen molar-refractivity contribution in [1.29, 1.82) is 0 Å². The van der Waals surface area contributed by atoms with E-state index in [4.69, 9.17) is 0 Å². The normalized spacial score (nSPS) is 11.9. The number of hydrogen-bond donors (Lipinski definition) is 1. The number of methoxy groups -OCH3 is 1. The largest absolute Gasteiger partial charge is 0.468 e. The molecule has 0 bridgehead atoms. The van der Waals surface area contributed by atoms with Gasteiger partial charge in [0.25, 0.3) is 5.69 Å². The molecule has 1 N–H and O–H groups in total. The van der Waals surface area contributed by atoms with Crippen LogP contribution in [-0.4, -0.2) is 30.6 Å². The maximum Gasteiger partial charge on any atom is 0.322 e. The molecule has 0 aliphatic carbocycles. The minimum Gasteiger partial charge on any atom is -0.468 e. The quantitative estimate of drug-likeness (QED) is 0.461. The first-order valence-electron chi connectivity index (χ1n) is 6.13. The summed E-state index contributed by atoms with van der Waals surface area (Å²) in [4.78, 5) is 21.4. The smallest absolute Gasteiger partial charge is 0.322 e. The highest BCUT2D eigenvalue weighted by molar-refractivity contribution is 5.75. The Kier molecular flexibility index (Phi) is 5.95. The van der Waals surface area contributed by atoms with Crippen molar-refractivity contribution in [1.82, 2.24) is 5.32 Å². The highest BCUT2D eigenvalue weighted by atomic mass is 16.6. The van der Waals surface area contributed by atoms with Crippen LogP contribution in [0.4, 0.5) is 5.69 Å². The Hall–Kier alpha value is -1.95. The van der Waals surface area contributed by atoms with Gasteiger partial charge >= 0.3 is 5.97 Å². The second-order valence-corrected chi connectivity index (χ2v) is 4.11. The lowest BCUT2D eigenvalue weighted by molar-refractivity contribution is -0.384. The minimum absolute atomic E-state index is 0.0812. The van der Waals surface area contributed by atoms with E-state index in [0.29, 0.717) is 19.4 Å². The Balaban J connectivity index is 2.44. The third-order valence-electron chi connectivity index (χ3n) is 2.85. The van der Waals surface area contributed by atoms with Crippen molar-refractivity contribution in [2.75, 3.05) is 13.7 Å². The number of esters is 1. The van der Waals surface area contributed by atoms with Crippen LogP contribution in [0.25, 0.3) is 0 Å². The molecule has 1 aromatic carbocycles. The molecule has 0 saturated heterocycles. The number of ether oxygens (including phenoxy) is 1. The summed E-state index contributed by atoms with van der Waals surface area (Å²) >= 11 is 0. The van der Waals surface area contributed by atoms with Gasteiger partial charge in [0.2, 0.25) is 0 Å². The zero-order valence-electron chi connectivity index (χ0n) is 11.1. The number of nitro benzene ring substituents is 1. The third kappa shape index (κ3) is 4.67. The van der Waals surface area contributed by atoms with Gasteiger partial charge in [-0.2, -0.15) is 0 Å². The van der Waals surface area contributed by atoms with Crippen LogP contribution in [0, 0.1) is 10.1 Å². The predicted octanol–water partition coefficient (Wildman–Crippen LogP) is 1.68. The van der Waals surface area contributed by atoms with E-state index in [9.17, 15) is 14.9 Å². The highest BCUT2D eigenvalue weighted by Crippen LogP contribution is 2.12. The summed E-state index contributed by atoms with van der Waals surface area (Å²) in [7, 11) is 1.36. The summed E-state index contributed by atoms with van der Waals surface area (Å²) in [6, 6.07) is 6.10. The van der Waals surface area contributed by atoms with E-state index >= 15 is 0 Å². The van der Waals surface area contributed by atoms with Crippen molar-refractivity contribution in [2.45, 2.75) is 25.8 Å². The number of hydrogen-bond acceptors (Lipinski definition) is 5. The molecule has 0 aromatic heterocycles. The average Bonchev–Trinajstić information content (AvgIpc) is 2.43. The summed E-state index contributed by atoms with van der Waals surface area (Å²) in [5.74, 6) is -0.272. The van der Waals surface area contributed by atoms with Crippen molar-refractivity contribution in [3.63, 3.8) is 0 Å². The molecule has 0 radical (unpaired) electrons. The van der Waals surface area contributed by atoms with Crippen LogP contribution in [0.15, 0.2) is 24.3 Å². The molecule has 0 amide bonds. The highest BCUT2D eigenvalue weighted by Gasteiger charge is 2.15. The van der Waals surface area contributed by atoms with Gasteiger partial charge < -0.3 is 10.1 Å². The number of nitro groups is 1. The average molecular weight is 266 g/mol. The number of benzene rings is 1. The molecule has 1 rings (SSSR count). The van der Waals surface area contributed by atoms with Gasteiger partial charge in [0.15, 0.2) is 0 Å². The second-order valence-electron chi connectivity index (χ2n) is 4.11. The molecule has 0 aliphatic heterocycles. The molecule has 6 heteroatoms. The van der Waals surface area contributed by atoms with Gasteiger partial charge in [-0.05, 0) is 24.9 Å². The molecule has 6 nitrogen and oxygen atoms in total. The molecule has 0 saturated carbocycles. The maximum absolute atomic E-state index is 11.3. The first-order chi connectivity index (χ1) is 9.08. The minimum atomic E-state index is -0.424. The lowest BCUT2D eigenvalue weighted by Crippen LogP contribution is -2.38. The summed E-state index contributed by atoms with van der Waals surface area (Å²) in [6.45, 7) is 2.52. The van der Waals surface area contributed by atoms with Crippen LogP contribution in [0.3, 0.4) is 0 Å². The van der Waals surface area contributed by atoms with E-state index in [1.54, 1.807) is 12.1 Å². The van der Waals surface area contributed by atoms with Crippen LogP contribution < -0.4 is 5.32 Å². The Morgan fingerprint density at radius 3 is 2.53 bits per heavy atom. The molecule has 0 aliphatic rings. The fraction of sp³-hybridized carbons (Fsp3) is 0.462. The third-order valence-corrected chi connectivity index (χ3v) is 2.85. The van der Waals surface area contributed by atoms with Crippen molar-refractivity contribution >= 4 is 11.7 Å². The zero-order chi connectivity index (χ0) is 14.3. The van der Waals surface area contributed by atoms with Crippen LogP contribution in [-0.2, 0) is 16.0 Å². The molecule has 0 spiro atoms. The van der Waals surface area contributed by atoms with Crippen molar-refractivity contribution in [3.8, 4) is 0 Å². The first-order valence-corrected chi connectivity index (χ1v) is 6.13. The summed E-state index contributed by atoms with van der Waals surface area (Å²) in [6.07, 6.45) is 1.36. The Labute approximate surface area is 111 Å². The topological polar surface area (TPSA) is 81.5 Å². The Morgan fingerprint density at radius 2 is 2.05 bits per heavy atom. The number of rotatable bonds is 7. The monoisotopic (exact) mass is 266 g/mol. The predicted molar refractivity (Wildman–Crippen MR) is 70.9 cm³/mol. The van der Waals surface area contributed by atoms with Crippen LogP contribution >= 0.6 is 0 Å². The Bertz CT molecular complexity index is 431. The molecule has 19 heavy (non-hydrogen) atoms. The fourth-order valence-corrected chi connectivity index (χ4v) is 1.71. The van der Waals surface area contributed by atoms with Gasteiger partial charge in [-0.15, -0.1) is 0 Å². The number of carbonyl (C=O) groups is 1. The van der Waals surface area contributed by atoms with Crippen molar-refractivity contribution < 1.29 is 14.5 Å². The number of nitrogens with zero attached hydrogens (tertiary/aromatic N) is 1. The standard InChI is InChI=1S/C13H18N2O4/c1-3-12(13(16)19-2)14-9-8-10-4-6-11(7-5-10)15(17)18/h4-7,12,14H,3,8-9H2,1-2H3. The molecular formula is C13H18N2O4. The van der Waals surface area contributed by atoms with Gasteiger partial charge in [0, 0.05) is 12.1 Å². The fourth-order valence-electron chi connectivity index (χ4n) is 1.71. The summed E-state index contributed by atoms with van der Waals surface area (Å²) < 4.78 is 4.67. The van der Waals surface area contributed by atoms with Gasteiger partial charge in [-0.1, -0.05) is 19.1 Å². The van der Waals surface area contributed by atoms with E-state index in [-0.39, 0.29) is 17.7 Å². The molecule has 0 heterocycles. The Morgan fingerprint density at radius 1 is 1.42 bits per heavy atom. The van der Waals surface area contributed by atoms with Crippen LogP contribution in [0.5, 0.6) is 0 Å². The molecule has 104 valence electrons. The van der Waals surface area contributed by atoms with E-state index in [0.717, 1.165) is 5.56 Å². The van der Waals surface area contributed by atoms with Gasteiger partial charge in [-0.25, -0.2) is 0 Å². The van der Waals surface area contributed by atoms with Gasteiger partial charge in [0.1, 0.15) is 6.04 Å². The summed E-state index contributed by atoms with van der Waals surface area (Å²) in [5.41, 5.74) is 1.07. The van der Waals surface area contributed by atoms with E-state index in [1.165, 1.54) is 19.2 Å². The summed E-state index contributed by atoms with van der Waals surface area (Å²) in [5, 5.41) is 13.6. The zero-order valence-corrected chi connectivity index (χ0v) is 11.1. The lowest BCUT2D eigenvalue weighted by Gasteiger charge is -2.14. The van der Waals surface area contributed by atoms with E-state index in [2.05, 4.69) is 10.1 Å². The molecule has 1 atom stereocenters. The van der Waals surface area contributed by atoms with Crippen molar-refractivity contribution in [2.24, 2.45) is 0 Å². The number of non-ortho nitro benzene ring substituents is 1. The second kappa shape index (κ2) is 7.48. The van der Waals surface area contributed by atoms with E-state index < -0.39 is 4.92 Å². The molecular weight excluding hydrogens is 248 g/mol. The maximum atomic E-state index is 11.3. The van der Waals surface area contributed by atoms with E-state index in [1.807, 2.05) is 6.92 Å². The van der Waals surface area contributed by atoms with Crippen molar-refractivity contribution in [3.05, 3.63) is 39.9 Å². The number of carbonyl (C=O) groups excluding carboxylic acids is 1. The molecule has 1 unspecified atom stereocenters. The SMILES string of the molecule is CCC(NCCc1ccc([N+](=O)[O-])cc1)C(=O)OC.